The Kier molecular flexibility index (Phi) is 4.91. The van der Waals surface area contributed by atoms with Crippen molar-refractivity contribution in [1.29, 1.82) is 0 Å². The number of aryl methyl sites for hydroxylation is 1. The summed E-state index contributed by atoms with van der Waals surface area (Å²) in [5.74, 6) is -0.213. The van der Waals surface area contributed by atoms with Crippen LogP contribution < -0.4 is 10.9 Å². The molecule has 0 saturated carbocycles. The Morgan fingerprint density at radius 2 is 2.17 bits per heavy atom. The van der Waals surface area contributed by atoms with Gasteiger partial charge in [0.25, 0.3) is 5.56 Å². The number of benzene rings is 1. The van der Waals surface area contributed by atoms with E-state index < -0.39 is 5.25 Å². The van der Waals surface area contributed by atoms with Crippen LogP contribution >= 0.6 is 23.1 Å². The molecule has 3 rings (SSSR count). The van der Waals surface area contributed by atoms with Gasteiger partial charge in [-0.05, 0) is 25.5 Å². The average Bonchev–Trinajstić information content (AvgIpc) is 3.02. The number of aromatic nitrogens is 4. The molecule has 0 aliphatic heterocycles. The summed E-state index contributed by atoms with van der Waals surface area (Å²) in [7, 11) is 0. The fourth-order valence-electron chi connectivity index (χ4n) is 2.00. The van der Waals surface area contributed by atoms with Crippen molar-refractivity contribution in [2.24, 2.45) is 0 Å². The van der Waals surface area contributed by atoms with Gasteiger partial charge in [-0.25, -0.2) is 4.98 Å². The third-order valence-electron chi connectivity index (χ3n) is 3.25. The number of rotatable bonds is 5. The highest BCUT2D eigenvalue weighted by Gasteiger charge is 2.18. The van der Waals surface area contributed by atoms with Crippen molar-refractivity contribution < 1.29 is 4.79 Å². The Morgan fingerprint density at radius 3 is 2.92 bits per heavy atom. The van der Waals surface area contributed by atoms with Gasteiger partial charge in [-0.1, -0.05) is 42.2 Å². The number of nitrogens with zero attached hydrogens (tertiary/aromatic N) is 3. The number of thioether (sulfide) groups is 1. The summed E-state index contributed by atoms with van der Waals surface area (Å²) in [5.41, 5.74) is 0.389. The van der Waals surface area contributed by atoms with E-state index >= 15 is 0 Å². The van der Waals surface area contributed by atoms with Gasteiger partial charge in [0.15, 0.2) is 5.16 Å². The summed E-state index contributed by atoms with van der Waals surface area (Å²) in [5, 5.41) is 12.5. The molecule has 0 aliphatic carbocycles. The second kappa shape index (κ2) is 7.10. The molecule has 0 aliphatic rings. The Labute approximate surface area is 145 Å². The second-order valence-corrected chi connectivity index (χ2v) is 7.38. The highest BCUT2D eigenvalue weighted by molar-refractivity contribution is 8.00. The lowest BCUT2D eigenvalue weighted by atomic mass is 10.2. The minimum atomic E-state index is -0.441. The summed E-state index contributed by atoms with van der Waals surface area (Å²) in [6.45, 7) is 3.73. The number of para-hydroxylation sites is 1. The Balaban J connectivity index is 1.73. The molecule has 24 heavy (non-hydrogen) atoms. The van der Waals surface area contributed by atoms with Crippen LogP contribution in [0.25, 0.3) is 10.9 Å². The molecule has 1 atom stereocenters. The fourth-order valence-corrected chi connectivity index (χ4v) is 3.48. The standard InChI is InChI=1S/C15H15N5O2S2/c1-3-11-19-20-15(24-11)17-12(21)8(2)23-14-16-10-7-5-4-6-9(10)13(22)18-14/h4-8H,3H2,1-2H3,(H,16,18,22)(H,17,20,21)/t8-/m0/s1. The first-order valence-corrected chi connectivity index (χ1v) is 9.05. The highest BCUT2D eigenvalue weighted by Crippen LogP contribution is 2.22. The van der Waals surface area contributed by atoms with Crippen molar-refractivity contribution in [3.8, 4) is 0 Å². The molecule has 0 spiro atoms. The zero-order chi connectivity index (χ0) is 17.1. The van der Waals surface area contributed by atoms with Crippen LogP contribution in [0.4, 0.5) is 5.13 Å². The van der Waals surface area contributed by atoms with Gasteiger partial charge in [0.05, 0.1) is 16.2 Å². The van der Waals surface area contributed by atoms with Crippen LogP contribution in [0.15, 0.2) is 34.2 Å². The molecule has 0 saturated heterocycles. The van der Waals surface area contributed by atoms with Crippen LogP contribution in [-0.4, -0.2) is 31.3 Å². The SMILES string of the molecule is CCc1nnc(NC(=O)[C@H](C)Sc2nc3ccccc3c(=O)[nH]2)s1. The van der Waals surface area contributed by atoms with E-state index in [9.17, 15) is 9.59 Å². The lowest BCUT2D eigenvalue weighted by molar-refractivity contribution is -0.115. The quantitative estimate of drug-likeness (QED) is 0.535. The van der Waals surface area contributed by atoms with Crippen molar-refractivity contribution in [1.82, 2.24) is 20.2 Å². The average molecular weight is 361 g/mol. The zero-order valence-electron chi connectivity index (χ0n) is 13.1. The maximum absolute atomic E-state index is 12.3. The maximum atomic E-state index is 12.3. The Hall–Kier alpha value is -2.26. The fraction of sp³-hybridized carbons (Fsp3) is 0.267. The summed E-state index contributed by atoms with van der Waals surface area (Å²) >= 11 is 2.54. The highest BCUT2D eigenvalue weighted by atomic mass is 32.2. The third kappa shape index (κ3) is 3.62. The molecule has 0 radical (unpaired) electrons. The number of nitrogens with one attached hydrogen (secondary N) is 2. The molecule has 2 aromatic heterocycles. The number of carbonyl (C=O) groups is 1. The van der Waals surface area contributed by atoms with Crippen LogP contribution in [0.1, 0.15) is 18.9 Å². The molecule has 7 nitrogen and oxygen atoms in total. The first-order chi connectivity index (χ1) is 11.6. The molecular formula is C15H15N5O2S2. The number of hydrogen-bond donors (Lipinski definition) is 2. The van der Waals surface area contributed by atoms with Crippen LogP contribution in [-0.2, 0) is 11.2 Å². The van der Waals surface area contributed by atoms with E-state index in [2.05, 4.69) is 25.5 Å². The number of amides is 1. The van der Waals surface area contributed by atoms with E-state index in [1.807, 2.05) is 13.0 Å². The zero-order valence-corrected chi connectivity index (χ0v) is 14.7. The largest absolute Gasteiger partial charge is 0.301 e. The maximum Gasteiger partial charge on any atom is 0.259 e. The van der Waals surface area contributed by atoms with Crippen molar-refractivity contribution in [2.45, 2.75) is 30.7 Å². The molecule has 2 N–H and O–H groups in total. The molecule has 1 aromatic carbocycles. The number of anilines is 1. The third-order valence-corrected chi connectivity index (χ3v) is 5.22. The minimum absolute atomic E-state index is 0.213. The summed E-state index contributed by atoms with van der Waals surface area (Å²) < 4.78 is 0. The topological polar surface area (TPSA) is 101 Å². The van der Waals surface area contributed by atoms with Gasteiger partial charge < -0.3 is 4.98 Å². The minimum Gasteiger partial charge on any atom is -0.301 e. The smallest absolute Gasteiger partial charge is 0.259 e. The van der Waals surface area contributed by atoms with E-state index in [1.165, 1.54) is 23.1 Å². The van der Waals surface area contributed by atoms with Gasteiger partial charge in [-0.2, -0.15) is 0 Å². The Bertz CT molecular complexity index is 937. The predicted octanol–water partition coefficient (Wildman–Crippen LogP) is 2.46. The van der Waals surface area contributed by atoms with Crippen LogP contribution in [0.3, 0.4) is 0 Å². The van der Waals surface area contributed by atoms with Crippen LogP contribution in [0, 0.1) is 0 Å². The van der Waals surface area contributed by atoms with Crippen LogP contribution in [0.2, 0.25) is 0 Å². The van der Waals surface area contributed by atoms with E-state index in [4.69, 9.17) is 0 Å². The number of fused-ring (bicyclic) bond motifs is 1. The van der Waals surface area contributed by atoms with Gasteiger partial charge in [-0.3, -0.25) is 14.9 Å². The monoisotopic (exact) mass is 361 g/mol. The molecule has 1 amide bonds. The first kappa shape index (κ1) is 16.6. The van der Waals surface area contributed by atoms with Gasteiger partial charge in [0, 0.05) is 0 Å². The van der Waals surface area contributed by atoms with E-state index in [0.29, 0.717) is 21.2 Å². The molecule has 0 unspecified atom stereocenters. The van der Waals surface area contributed by atoms with Crippen molar-refractivity contribution in [3.05, 3.63) is 39.6 Å². The van der Waals surface area contributed by atoms with E-state index in [1.54, 1.807) is 25.1 Å². The summed E-state index contributed by atoms with van der Waals surface area (Å²) in [6.07, 6.45) is 0.778. The normalized spacial score (nSPS) is 12.2. The molecular weight excluding hydrogens is 346 g/mol. The van der Waals surface area contributed by atoms with Gasteiger partial charge in [-0.15, -0.1) is 10.2 Å². The van der Waals surface area contributed by atoms with Gasteiger partial charge in [0.1, 0.15) is 5.01 Å². The molecule has 0 fully saturated rings. The lowest BCUT2D eigenvalue weighted by Gasteiger charge is -2.09. The molecule has 0 bridgehead atoms. The number of aromatic amines is 1. The number of hydrogen-bond acceptors (Lipinski definition) is 7. The predicted molar refractivity (Wildman–Crippen MR) is 95.6 cm³/mol. The van der Waals surface area contributed by atoms with Crippen molar-refractivity contribution in [2.75, 3.05) is 5.32 Å². The molecule has 124 valence electrons. The van der Waals surface area contributed by atoms with E-state index in [0.717, 1.165) is 11.4 Å². The summed E-state index contributed by atoms with van der Waals surface area (Å²) in [6, 6.07) is 7.09. The first-order valence-electron chi connectivity index (χ1n) is 7.35. The van der Waals surface area contributed by atoms with E-state index in [-0.39, 0.29) is 11.5 Å². The van der Waals surface area contributed by atoms with Gasteiger partial charge >= 0.3 is 0 Å². The number of carbonyl (C=O) groups excluding carboxylic acids is 1. The van der Waals surface area contributed by atoms with Gasteiger partial charge in [0.2, 0.25) is 11.0 Å². The van der Waals surface area contributed by atoms with Crippen molar-refractivity contribution >= 4 is 45.0 Å². The van der Waals surface area contributed by atoms with Crippen molar-refractivity contribution in [3.63, 3.8) is 0 Å². The van der Waals surface area contributed by atoms with Crippen LogP contribution in [0.5, 0.6) is 0 Å². The summed E-state index contributed by atoms with van der Waals surface area (Å²) in [4.78, 5) is 31.4. The second-order valence-electron chi connectivity index (χ2n) is 4.99. The molecule has 3 aromatic rings. The lowest BCUT2D eigenvalue weighted by Crippen LogP contribution is -2.23. The Morgan fingerprint density at radius 1 is 1.38 bits per heavy atom. The molecule has 9 heteroatoms. The molecule has 2 heterocycles. The number of H-pyrrole nitrogens is 1.